The Morgan fingerprint density at radius 2 is 1.77 bits per heavy atom. The molecule has 0 radical (unpaired) electrons. The maximum absolute atomic E-state index is 11.2. The zero-order chi connectivity index (χ0) is 22.4. The van der Waals surface area contributed by atoms with Gasteiger partial charge in [0.2, 0.25) is 0 Å². The Balaban J connectivity index is 1.78. The van der Waals surface area contributed by atoms with Crippen molar-refractivity contribution in [1.82, 2.24) is 0 Å². The van der Waals surface area contributed by atoms with E-state index < -0.39 is 5.97 Å². The van der Waals surface area contributed by atoms with Gasteiger partial charge < -0.3 is 19.9 Å². The van der Waals surface area contributed by atoms with Crippen molar-refractivity contribution < 1.29 is 19.4 Å². The first-order chi connectivity index (χ1) is 14.9. The summed E-state index contributed by atoms with van der Waals surface area (Å²) in [7, 11) is 0. The molecule has 0 bridgehead atoms. The summed E-state index contributed by atoms with van der Waals surface area (Å²) in [5, 5.41) is 13.2. The van der Waals surface area contributed by atoms with Crippen LogP contribution in [0, 0.1) is 6.92 Å². The van der Waals surface area contributed by atoms with Crippen LogP contribution >= 0.6 is 23.2 Å². The molecule has 0 aromatic heterocycles. The van der Waals surface area contributed by atoms with Crippen molar-refractivity contribution in [2.24, 2.45) is 0 Å². The van der Waals surface area contributed by atoms with E-state index in [0.29, 0.717) is 47.0 Å². The van der Waals surface area contributed by atoms with Gasteiger partial charge in [-0.1, -0.05) is 53.0 Å². The Kier molecular flexibility index (Phi) is 7.66. The first-order valence-corrected chi connectivity index (χ1v) is 10.5. The first-order valence-electron chi connectivity index (χ1n) is 9.77. The summed E-state index contributed by atoms with van der Waals surface area (Å²) in [5.74, 6) is 0.122. The van der Waals surface area contributed by atoms with Crippen LogP contribution in [0.15, 0.2) is 54.6 Å². The third kappa shape index (κ3) is 6.06. The number of carboxylic acid groups (broad SMARTS) is 1. The molecule has 0 unspecified atom stereocenters. The number of anilines is 1. The van der Waals surface area contributed by atoms with E-state index in [4.69, 9.17) is 32.7 Å². The molecule has 0 aliphatic heterocycles. The van der Waals surface area contributed by atoms with E-state index in [2.05, 4.69) is 11.4 Å². The highest BCUT2D eigenvalue weighted by Crippen LogP contribution is 2.35. The predicted molar refractivity (Wildman–Crippen MR) is 124 cm³/mol. The van der Waals surface area contributed by atoms with Gasteiger partial charge in [0.25, 0.3) is 0 Å². The summed E-state index contributed by atoms with van der Waals surface area (Å²) in [6.45, 7) is 5.13. The molecule has 0 aliphatic rings. The van der Waals surface area contributed by atoms with E-state index in [1.165, 1.54) is 12.1 Å². The molecule has 3 aromatic carbocycles. The fraction of sp³-hybridized carbons (Fsp3) is 0.208. The molecule has 7 heteroatoms. The predicted octanol–water partition coefficient (Wildman–Crippen LogP) is 6.59. The summed E-state index contributed by atoms with van der Waals surface area (Å²) in [6.07, 6.45) is 0. The SMILES string of the molecule is CCOc1cc(CNc2cc(C(=O)O)ccc2Cl)c(Cl)cc1OCc1cccc(C)c1. The molecule has 0 aliphatic carbocycles. The Hall–Kier alpha value is -2.89. The molecule has 0 spiro atoms. The van der Waals surface area contributed by atoms with Crippen molar-refractivity contribution in [2.75, 3.05) is 11.9 Å². The highest BCUT2D eigenvalue weighted by molar-refractivity contribution is 6.33. The second kappa shape index (κ2) is 10.4. The van der Waals surface area contributed by atoms with Gasteiger partial charge in [0.05, 0.1) is 22.9 Å². The van der Waals surface area contributed by atoms with Crippen molar-refractivity contribution >= 4 is 34.9 Å². The first kappa shape index (κ1) is 22.8. The maximum Gasteiger partial charge on any atom is 0.335 e. The van der Waals surface area contributed by atoms with Crippen molar-refractivity contribution in [3.63, 3.8) is 0 Å². The average molecular weight is 460 g/mol. The highest BCUT2D eigenvalue weighted by atomic mass is 35.5. The van der Waals surface area contributed by atoms with E-state index in [0.717, 1.165) is 16.7 Å². The molecule has 0 heterocycles. The molecule has 162 valence electrons. The van der Waals surface area contributed by atoms with Crippen molar-refractivity contribution in [3.05, 3.63) is 86.9 Å². The van der Waals surface area contributed by atoms with Crippen molar-refractivity contribution in [2.45, 2.75) is 27.0 Å². The number of nitrogens with one attached hydrogen (secondary N) is 1. The topological polar surface area (TPSA) is 67.8 Å². The van der Waals surface area contributed by atoms with Gasteiger partial charge in [-0.25, -0.2) is 4.79 Å². The summed E-state index contributed by atoms with van der Waals surface area (Å²) in [6, 6.07) is 16.1. The van der Waals surface area contributed by atoms with Crippen LogP contribution in [0.25, 0.3) is 0 Å². The monoisotopic (exact) mass is 459 g/mol. The van der Waals surface area contributed by atoms with Gasteiger partial charge in [-0.2, -0.15) is 0 Å². The zero-order valence-electron chi connectivity index (χ0n) is 17.2. The second-order valence-electron chi connectivity index (χ2n) is 6.95. The summed E-state index contributed by atoms with van der Waals surface area (Å²) < 4.78 is 11.7. The molecule has 31 heavy (non-hydrogen) atoms. The Labute approximate surface area is 191 Å². The number of hydrogen-bond donors (Lipinski definition) is 2. The van der Waals surface area contributed by atoms with E-state index in [1.54, 1.807) is 12.1 Å². The number of rotatable bonds is 9. The van der Waals surface area contributed by atoms with Gasteiger partial charge in [-0.15, -0.1) is 0 Å². The van der Waals surface area contributed by atoms with Crippen LogP contribution in [0.4, 0.5) is 5.69 Å². The van der Waals surface area contributed by atoms with Crippen molar-refractivity contribution in [1.29, 1.82) is 0 Å². The number of carbonyl (C=O) groups is 1. The molecular weight excluding hydrogens is 437 g/mol. The quantitative estimate of drug-likeness (QED) is 0.377. The van der Waals surface area contributed by atoms with E-state index in [1.807, 2.05) is 38.1 Å². The van der Waals surface area contributed by atoms with E-state index in [9.17, 15) is 9.90 Å². The Morgan fingerprint density at radius 1 is 1.00 bits per heavy atom. The maximum atomic E-state index is 11.2. The molecular formula is C24H23Cl2NO4. The van der Waals surface area contributed by atoms with Gasteiger partial charge >= 0.3 is 5.97 Å². The lowest BCUT2D eigenvalue weighted by molar-refractivity contribution is 0.0697. The lowest BCUT2D eigenvalue weighted by atomic mass is 10.1. The number of halogens is 2. The lowest BCUT2D eigenvalue weighted by Gasteiger charge is -2.16. The molecule has 2 N–H and O–H groups in total. The van der Waals surface area contributed by atoms with Gasteiger partial charge in [-0.05, 0) is 49.2 Å². The summed E-state index contributed by atoms with van der Waals surface area (Å²) in [4.78, 5) is 11.2. The zero-order valence-corrected chi connectivity index (χ0v) is 18.8. The Morgan fingerprint density at radius 3 is 2.48 bits per heavy atom. The third-order valence-electron chi connectivity index (χ3n) is 4.57. The molecule has 5 nitrogen and oxygen atoms in total. The number of benzene rings is 3. The molecule has 0 atom stereocenters. The van der Waals surface area contributed by atoms with Crippen LogP contribution in [-0.2, 0) is 13.2 Å². The number of aryl methyl sites for hydroxylation is 1. The molecule has 0 saturated heterocycles. The van der Waals surface area contributed by atoms with Gasteiger partial charge in [-0.3, -0.25) is 0 Å². The van der Waals surface area contributed by atoms with Crippen LogP contribution in [0.3, 0.4) is 0 Å². The minimum Gasteiger partial charge on any atom is -0.490 e. The van der Waals surface area contributed by atoms with Gasteiger partial charge in [0, 0.05) is 17.6 Å². The third-order valence-corrected chi connectivity index (χ3v) is 5.25. The average Bonchev–Trinajstić information content (AvgIpc) is 2.73. The second-order valence-corrected chi connectivity index (χ2v) is 7.77. The number of hydrogen-bond acceptors (Lipinski definition) is 4. The minimum atomic E-state index is -1.02. The van der Waals surface area contributed by atoms with Crippen LogP contribution < -0.4 is 14.8 Å². The highest BCUT2D eigenvalue weighted by Gasteiger charge is 2.13. The Bertz CT molecular complexity index is 1090. The van der Waals surface area contributed by atoms with Gasteiger partial charge in [0.1, 0.15) is 6.61 Å². The molecule has 3 rings (SSSR count). The normalized spacial score (nSPS) is 10.6. The van der Waals surface area contributed by atoms with Crippen LogP contribution in [-0.4, -0.2) is 17.7 Å². The van der Waals surface area contributed by atoms with Crippen LogP contribution in [0.2, 0.25) is 10.0 Å². The fourth-order valence-electron chi connectivity index (χ4n) is 3.04. The molecule has 0 fully saturated rings. The molecule has 0 amide bonds. The summed E-state index contributed by atoms with van der Waals surface area (Å²) in [5.41, 5.74) is 3.64. The minimum absolute atomic E-state index is 0.146. The summed E-state index contributed by atoms with van der Waals surface area (Å²) >= 11 is 12.7. The van der Waals surface area contributed by atoms with Gasteiger partial charge in [0.15, 0.2) is 11.5 Å². The van der Waals surface area contributed by atoms with E-state index >= 15 is 0 Å². The lowest BCUT2D eigenvalue weighted by Crippen LogP contribution is -2.05. The van der Waals surface area contributed by atoms with Crippen LogP contribution in [0.1, 0.15) is 34.0 Å². The molecule has 0 saturated carbocycles. The number of ether oxygens (including phenoxy) is 2. The smallest absolute Gasteiger partial charge is 0.335 e. The molecule has 3 aromatic rings. The number of carboxylic acids is 1. The van der Waals surface area contributed by atoms with E-state index in [-0.39, 0.29) is 5.56 Å². The largest absolute Gasteiger partial charge is 0.490 e. The van der Waals surface area contributed by atoms with Crippen LogP contribution in [0.5, 0.6) is 11.5 Å². The number of aromatic carboxylic acids is 1. The fourth-order valence-corrected chi connectivity index (χ4v) is 3.45. The van der Waals surface area contributed by atoms with Crippen molar-refractivity contribution in [3.8, 4) is 11.5 Å². The standard InChI is InChI=1S/C24H23Cl2NO4/c1-3-30-22-11-18(13-27-21-10-17(24(28)29)7-8-19(21)25)20(26)12-23(22)31-14-16-6-4-5-15(2)9-16/h4-12,27H,3,13-14H2,1-2H3,(H,28,29).